The van der Waals surface area contributed by atoms with E-state index >= 15 is 0 Å². The third-order valence-corrected chi connectivity index (χ3v) is 17.9. The largest absolute Gasteiger partial charge is 0.444 e. The van der Waals surface area contributed by atoms with Crippen molar-refractivity contribution in [2.45, 2.75) is 174 Å². The zero-order valence-electron chi connectivity index (χ0n) is 39.2. The maximum absolute atomic E-state index is 14.0. The zero-order valence-corrected chi connectivity index (χ0v) is 39.2. The normalized spacial score (nSPS) is 33.2. The van der Waals surface area contributed by atoms with Crippen LogP contribution in [-0.4, -0.2) is 65.5 Å². The number of nitrogens with one attached hydrogen (secondary N) is 1. The predicted molar refractivity (Wildman–Crippen MR) is 267 cm³/mol. The number of ether oxygens (including phenoxy) is 1. The molecule has 7 heteroatoms. The summed E-state index contributed by atoms with van der Waals surface area (Å²) in [4.78, 5) is 44.5. The Balaban J connectivity index is 0.000000174. The number of alkyl carbamates (subject to hydrolysis) is 1. The fourth-order valence-electron chi connectivity index (χ4n) is 16.1. The Morgan fingerprint density at radius 3 is 1.38 bits per heavy atom. The van der Waals surface area contributed by atoms with Crippen LogP contribution in [0.3, 0.4) is 0 Å². The van der Waals surface area contributed by atoms with Crippen LogP contribution < -0.4 is 5.32 Å². The molecule has 10 fully saturated rings. The first-order chi connectivity index (χ1) is 30.8. The van der Waals surface area contributed by atoms with Crippen LogP contribution in [-0.2, 0) is 31.6 Å². The molecule has 4 atom stereocenters. The van der Waals surface area contributed by atoms with E-state index in [1.165, 1.54) is 80.9 Å². The van der Waals surface area contributed by atoms with Gasteiger partial charge in [-0.25, -0.2) is 4.79 Å². The quantitative estimate of drug-likeness (QED) is 0.244. The van der Waals surface area contributed by atoms with Crippen molar-refractivity contribution in [3.63, 3.8) is 0 Å². The van der Waals surface area contributed by atoms with Crippen LogP contribution >= 0.6 is 0 Å². The maximum Gasteiger partial charge on any atom is 0.407 e. The molecule has 66 heavy (non-hydrogen) atoms. The van der Waals surface area contributed by atoms with Gasteiger partial charge in [-0.3, -0.25) is 9.59 Å². The van der Waals surface area contributed by atoms with Crippen LogP contribution in [0.2, 0.25) is 0 Å². The summed E-state index contributed by atoms with van der Waals surface area (Å²) in [6.07, 6.45) is 20.5. The molecule has 2 saturated heterocycles. The molecule has 4 unspecified atom stereocenters. The molecule has 8 saturated carbocycles. The average molecular weight is 898 g/mol. The van der Waals surface area contributed by atoms with E-state index < -0.39 is 5.60 Å². The van der Waals surface area contributed by atoms with E-state index in [9.17, 15) is 14.4 Å². The van der Waals surface area contributed by atoms with Gasteiger partial charge in [0.05, 0.1) is 10.8 Å². The van der Waals surface area contributed by atoms with Crippen LogP contribution in [0.15, 0.2) is 91.0 Å². The lowest BCUT2D eigenvalue weighted by molar-refractivity contribution is -0.162. The number of nitrogens with zero attached hydrogens (tertiary/aromatic N) is 2. The first-order valence-corrected chi connectivity index (χ1v) is 25.5. The Morgan fingerprint density at radius 2 is 0.970 bits per heavy atom. The zero-order chi connectivity index (χ0) is 44.2. The van der Waals surface area contributed by atoms with Crippen LogP contribution in [0.1, 0.15) is 161 Å². The van der Waals surface area contributed by atoms with E-state index in [0.29, 0.717) is 23.7 Å². The molecule has 8 bridgehead atoms. The van der Waals surface area contributed by atoms with Gasteiger partial charge >= 0.3 is 6.09 Å². The van der Waals surface area contributed by atoms with Gasteiger partial charge in [0.2, 0.25) is 11.8 Å². The third kappa shape index (κ3) is 9.75. The average Bonchev–Trinajstić information content (AvgIpc) is 3.28. The Morgan fingerprint density at radius 1 is 0.576 bits per heavy atom. The summed E-state index contributed by atoms with van der Waals surface area (Å²) in [5.41, 5.74) is 4.12. The third-order valence-electron chi connectivity index (χ3n) is 17.9. The summed E-state index contributed by atoms with van der Waals surface area (Å²) in [5, 5.41) is 3.00. The van der Waals surface area contributed by atoms with E-state index in [-0.39, 0.29) is 48.6 Å². The smallest absolute Gasteiger partial charge is 0.407 e. The number of hydrogen-bond donors (Lipinski definition) is 1. The molecule has 8 aliphatic carbocycles. The monoisotopic (exact) mass is 898 g/mol. The summed E-state index contributed by atoms with van der Waals surface area (Å²) < 4.78 is 5.40. The molecule has 0 radical (unpaired) electrons. The van der Waals surface area contributed by atoms with Gasteiger partial charge in [-0.15, -0.1) is 0 Å². The Bertz CT molecular complexity index is 2090. The van der Waals surface area contributed by atoms with Crippen LogP contribution in [0.5, 0.6) is 0 Å². The fraction of sp³-hybridized carbons (Fsp3) is 0.644. The highest BCUT2D eigenvalue weighted by Gasteiger charge is 2.63. The van der Waals surface area contributed by atoms with Gasteiger partial charge in [0.1, 0.15) is 5.60 Å². The Labute approximate surface area is 398 Å². The van der Waals surface area contributed by atoms with Gasteiger partial charge < -0.3 is 19.9 Å². The molecule has 358 valence electrons. The number of carbonyl (C=O) groups is 3. The second-order valence-corrected chi connectivity index (χ2v) is 23.7. The highest BCUT2D eigenvalue weighted by molar-refractivity contribution is 5.84. The van der Waals surface area contributed by atoms with E-state index in [0.717, 1.165) is 95.3 Å². The fourth-order valence-corrected chi connectivity index (χ4v) is 16.1. The van der Waals surface area contributed by atoms with Crippen molar-refractivity contribution in [2.75, 3.05) is 26.2 Å². The predicted octanol–water partition coefficient (Wildman–Crippen LogP) is 12.7. The maximum atomic E-state index is 14.0. The van der Waals surface area contributed by atoms with Crippen molar-refractivity contribution < 1.29 is 19.1 Å². The number of amides is 3. The number of hydrogen-bond acceptors (Lipinski definition) is 4. The van der Waals surface area contributed by atoms with Crippen LogP contribution in [0.25, 0.3) is 0 Å². The number of likely N-dealkylation sites (tertiary alicyclic amines) is 2. The number of benzene rings is 3. The van der Waals surface area contributed by atoms with Crippen molar-refractivity contribution in [3.8, 4) is 0 Å². The molecule has 3 aromatic carbocycles. The topological polar surface area (TPSA) is 79.0 Å². The molecule has 2 aliphatic heterocycles. The lowest BCUT2D eigenvalue weighted by Gasteiger charge is -2.62. The molecule has 2 heterocycles. The van der Waals surface area contributed by atoms with Crippen molar-refractivity contribution in [1.29, 1.82) is 0 Å². The van der Waals surface area contributed by atoms with Gasteiger partial charge in [-0.2, -0.15) is 0 Å². The highest BCUT2D eigenvalue weighted by Crippen LogP contribution is 2.67. The van der Waals surface area contributed by atoms with Crippen LogP contribution in [0.4, 0.5) is 4.79 Å². The molecular weight excluding hydrogens is 815 g/mol. The SMILES string of the molecule is C.C.CC(C)(C)OC(=O)NC1CCN(C(=O)C23CC4CC(C2)CC(c2ccccc2)(C4)C3)CC1.O=C(N1CCC(CCc2ccccc2)CC1)C12CC3CC(C1)CC(c1ccccc1)(C3)C2. The summed E-state index contributed by atoms with van der Waals surface area (Å²) in [7, 11) is 0. The van der Waals surface area contributed by atoms with Crippen LogP contribution in [0, 0.1) is 40.4 Å². The number of rotatable bonds is 8. The number of piperidine rings is 2. The lowest BCUT2D eigenvalue weighted by atomic mass is 9.42. The second-order valence-electron chi connectivity index (χ2n) is 23.7. The first kappa shape index (κ1) is 48.3. The molecule has 13 rings (SSSR count). The Hall–Kier alpha value is -4.13. The van der Waals surface area contributed by atoms with Crippen molar-refractivity contribution in [1.82, 2.24) is 15.1 Å². The van der Waals surface area contributed by atoms with E-state index in [1.807, 2.05) is 20.8 Å². The second kappa shape index (κ2) is 19.1. The van der Waals surface area contributed by atoms with E-state index in [2.05, 4.69) is 106 Å². The van der Waals surface area contributed by atoms with Crippen molar-refractivity contribution in [3.05, 3.63) is 108 Å². The van der Waals surface area contributed by atoms with Crippen molar-refractivity contribution in [2.24, 2.45) is 40.4 Å². The van der Waals surface area contributed by atoms with Gasteiger partial charge in [0, 0.05) is 32.2 Å². The molecule has 0 spiro atoms. The van der Waals surface area contributed by atoms with E-state index in [4.69, 9.17) is 4.74 Å². The van der Waals surface area contributed by atoms with Gasteiger partial charge in [-0.1, -0.05) is 106 Å². The molecule has 0 aromatic heterocycles. The molecule has 10 aliphatic rings. The molecule has 7 nitrogen and oxygen atoms in total. The molecule has 1 N–H and O–H groups in total. The summed E-state index contributed by atoms with van der Waals surface area (Å²) in [6, 6.07) is 33.2. The lowest BCUT2D eigenvalue weighted by Crippen LogP contribution is -2.60. The van der Waals surface area contributed by atoms with Gasteiger partial charge in [0.25, 0.3) is 0 Å². The summed E-state index contributed by atoms with van der Waals surface area (Å²) in [5.74, 6) is 4.56. The molecule has 3 amide bonds. The minimum atomic E-state index is -0.492. The number of aryl methyl sites for hydroxylation is 1. The van der Waals surface area contributed by atoms with Gasteiger partial charge in [-0.05, 0) is 193 Å². The molecular formula is C59H83N3O4. The highest BCUT2D eigenvalue weighted by atomic mass is 16.6. The van der Waals surface area contributed by atoms with Crippen molar-refractivity contribution >= 4 is 17.9 Å². The molecule has 3 aromatic rings. The minimum absolute atomic E-state index is 0. The first-order valence-electron chi connectivity index (χ1n) is 25.5. The standard InChI is InChI=1S/C30H37NO.C27H38N2O3.2CH4/c32-28(31-15-13-24(14-16-31)12-11-23-7-3-1-4-8-23)30-20-25-17-26(21-30)19-29(18-25,22-30)27-9-5-2-6-10-27;1-25(2,3)32-24(31)28-22-9-11-29(12-10-22)23(30)27-16-19-13-20(17-27)15-26(14-19,18-27)21-7-5-4-6-8-21;;/h1-10,24-26H,11-22H2;4-8,19-20,22H,9-18H2,1-3H3,(H,28,31);2*1H4. The minimum Gasteiger partial charge on any atom is -0.444 e. The summed E-state index contributed by atoms with van der Waals surface area (Å²) >= 11 is 0. The van der Waals surface area contributed by atoms with E-state index in [1.54, 1.807) is 0 Å². The number of carbonyl (C=O) groups excluding carboxylic acids is 3. The van der Waals surface area contributed by atoms with Gasteiger partial charge in [0.15, 0.2) is 0 Å². The Kier molecular flexibility index (Phi) is 14.0. The summed E-state index contributed by atoms with van der Waals surface area (Å²) in [6.45, 7) is 9.05.